The van der Waals surface area contributed by atoms with E-state index in [1.807, 2.05) is 0 Å². The number of nitrogens with one attached hydrogen (secondary N) is 3. The molecule has 0 aliphatic heterocycles. The van der Waals surface area contributed by atoms with Gasteiger partial charge in [0.1, 0.15) is 12.1 Å². The van der Waals surface area contributed by atoms with Gasteiger partial charge in [-0.05, 0) is 46.3 Å². The Morgan fingerprint density at radius 3 is 2.68 bits per heavy atom. The van der Waals surface area contributed by atoms with Crippen LogP contribution in [0.15, 0.2) is 46.0 Å². The molecule has 0 aromatic heterocycles. The normalized spacial score (nSPS) is 11.7. The van der Waals surface area contributed by atoms with Gasteiger partial charge >= 0.3 is 5.97 Å². The van der Waals surface area contributed by atoms with Crippen LogP contribution in [0.1, 0.15) is 28.4 Å². The highest BCUT2D eigenvalue weighted by atomic mass is 79.9. The highest BCUT2D eigenvalue weighted by molar-refractivity contribution is 9.10. The van der Waals surface area contributed by atoms with Crippen molar-refractivity contribution in [3.63, 3.8) is 0 Å². The van der Waals surface area contributed by atoms with Crippen LogP contribution in [0.25, 0.3) is 0 Å². The summed E-state index contributed by atoms with van der Waals surface area (Å²) in [5.74, 6) is 2.39. The molecular formula is C19H19BrClN5O5. The summed E-state index contributed by atoms with van der Waals surface area (Å²) in [6, 6.07) is 8.12. The number of carboxylic acid groups (broad SMARTS) is 1. The van der Waals surface area contributed by atoms with Crippen molar-refractivity contribution in [3.05, 3.63) is 57.0 Å². The van der Waals surface area contributed by atoms with Crippen LogP contribution in [0, 0.1) is 0 Å². The minimum atomic E-state index is -1.20. The molecule has 31 heavy (non-hydrogen) atoms. The lowest BCUT2D eigenvalue weighted by molar-refractivity contribution is -0.137. The number of anilines is 1. The summed E-state index contributed by atoms with van der Waals surface area (Å²) in [6.07, 6.45) is 0.743. The molecule has 2 aromatic carbocycles. The van der Waals surface area contributed by atoms with Gasteiger partial charge in [0, 0.05) is 21.8 Å². The number of benzene rings is 2. The minimum absolute atomic E-state index is 0.127. The van der Waals surface area contributed by atoms with Crippen LogP contribution in [0.4, 0.5) is 5.69 Å². The average Bonchev–Trinajstić information content (AvgIpc) is 2.72. The monoisotopic (exact) mass is 511 g/mol. The topological polar surface area (TPSA) is 166 Å². The van der Waals surface area contributed by atoms with Crippen molar-refractivity contribution in [1.82, 2.24) is 10.6 Å². The average molecular weight is 513 g/mol. The predicted molar refractivity (Wildman–Crippen MR) is 119 cm³/mol. The number of hydrazone groups is 1. The van der Waals surface area contributed by atoms with E-state index in [1.165, 1.54) is 24.5 Å². The number of hydrogen-bond donors (Lipinski definition) is 6. The van der Waals surface area contributed by atoms with Crippen molar-refractivity contribution in [1.29, 1.82) is 0 Å². The quantitative estimate of drug-likeness (QED) is 0.130. The molecule has 2 amide bonds. The largest absolute Gasteiger partial charge is 0.506 e. The number of halogens is 2. The summed E-state index contributed by atoms with van der Waals surface area (Å²) in [5.41, 5.74) is 0.971. The first-order chi connectivity index (χ1) is 14.7. The fraction of sp³-hybridized carbons (Fsp3) is 0.158. The molecule has 0 radical (unpaired) electrons. The lowest BCUT2D eigenvalue weighted by Crippen LogP contribution is -2.39. The fourth-order valence-corrected chi connectivity index (χ4v) is 3.47. The number of carbonyl (C=O) groups excluding carboxylic acids is 2. The van der Waals surface area contributed by atoms with Gasteiger partial charge < -0.3 is 32.0 Å². The second-order valence-electron chi connectivity index (χ2n) is 6.23. The first-order valence-corrected chi connectivity index (χ1v) is 9.94. The molecule has 0 spiro atoms. The number of amides is 2. The summed E-state index contributed by atoms with van der Waals surface area (Å²) in [5, 5.41) is 30.6. The number of aliphatic carboxylic acids is 1. The molecule has 2 rings (SSSR count). The zero-order valence-electron chi connectivity index (χ0n) is 15.9. The van der Waals surface area contributed by atoms with Crippen LogP contribution in [-0.4, -0.2) is 40.9 Å². The molecule has 0 aliphatic carbocycles. The number of nitrogens with two attached hydrogens (primary N) is 1. The highest BCUT2D eigenvalue weighted by Gasteiger charge is 2.23. The van der Waals surface area contributed by atoms with Gasteiger partial charge in [-0.15, -0.1) is 0 Å². The molecule has 164 valence electrons. The third kappa shape index (κ3) is 7.15. The van der Waals surface area contributed by atoms with Gasteiger partial charge in [0.2, 0.25) is 5.91 Å². The number of aromatic hydroxyl groups is 1. The number of phenols is 1. The maximum Gasteiger partial charge on any atom is 0.305 e. The molecule has 2 aromatic rings. The summed E-state index contributed by atoms with van der Waals surface area (Å²) in [7, 11) is 0. The zero-order chi connectivity index (χ0) is 23.0. The summed E-state index contributed by atoms with van der Waals surface area (Å²) < 4.78 is 0.251. The Bertz CT molecular complexity index is 1020. The second-order valence-corrected chi connectivity index (χ2v) is 7.52. The molecule has 10 nitrogen and oxygen atoms in total. The van der Waals surface area contributed by atoms with Crippen molar-refractivity contribution >= 4 is 57.3 Å². The van der Waals surface area contributed by atoms with E-state index in [0.717, 1.165) is 0 Å². The van der Waals surface area contributed by atoms with E-state index < -0.39 is 36.8 Å². The molecule has 0 saturated carbocycles. The summed E-state index contributed by atoms with van der Waals surface area (Å²) >= 11 is 9.10. The zero-order valence-corrected chi connectivity index (χ0v) is 18.3. The molecule has 0 bridgehead atoms. The van der Waals surface area contributed by atoms with Crippen LogP contribution in [-0.2, 0) is 9.59 Å². The standard InChI is InChI=1S/C19H19BrClN5O5/c20-14-6-11(21)5-13(18(14)30)15(7-17(28)29)26-16(27)8-23-19(31)10-2-1-3-12(4-10)24-9-25-22/h1-6,9,15,30H,7-8,22H2,(H,23,31)(H,24,25)(H,26,27)(H,28,29). The number of nitrogens with zero attached hydrogens (tertiary/aromatic N) is 1. The van der Waals surface area contributed by atoms with Crippen LogP contribution >= 0.6 is 27.5 Å². The number of carboxylic acids is 1. The Hall–Kier alpha value is -3.31. The Morgan fingerprint density at radius 2 is 2.00 bits per heavy atom. The summed E-state index contributed by atoms with van der Waals surface area (Å²) in [4.78, 5) is 35.9. The molecular weight excluding hydrogens is 494 g/mol. The third-order valence-electron chi connectivity index (χ3n) is 3.99. The van der Waals surface area contributed by atoms with Crippen molar-refractivity contribution in [3.8, 4) is 5.75 Å². The Labute approximate surface area is 190 Å². The van der Waals surface area contributed by atoms with Crippen molar-refractivity contribution in [2.75, 3.05) is 11.9 Å². The van der Waals surface area contributed by atoms with Crippen LogP contribution in [0.2, 0.25) is 5.02 Å². The first-order valence-electron chi connectivity index (χ1n) is 8.76. The smallest absolute Gasteiger partial charge is 0.305 e. The Kier molecular flexibility index (Phi) is 8.64. The number of rotatable bonds is 9. The van der Waals surface area contributed by atoms with Crippen molar-refractivity contribution < 1.29 is 24.6 Å². The lowest BCUT2D eigenvalue weighted by atomic mass is 10.0. The van der Waals surface area contributed by atoms with E-state index in [-0.39, 0.29) is 26.4 Å². The second kappa shape index (κ2) is 11.2. The number of hydrogen-bond acceptors (Lipinski definition) is 6. The van der Waals surface area contributed by atoms with Gasteiger partial charge in [0.05, 0.1) is 23.5 Å². The highest BCUT2D eigenvalue weighted by Crippen LogP contribution is 2.36. The fourth-order valence-electron chi connectivity index (χ4n) is 2.63. The molecule has 1 atom stereocenters. The van der Waals surface area contributed by atoms with E-state index >= 15 is 0 Å². The molecule has 0 saturated heterocycles. The van der Waals surface area contributed by atoms with E-state index in [2.05, 4.69) is 37.0 Å². The minimum Gasteiger partial charge on any atom is -0.506 e. The molecule has 1 unspecified atom stereocenters. The summed E-state index contributed by atoms with van der Waals surface area (Å²) in [6.45, 7) is -0.417. The van der Waals surface area contributed by atoms with Crippen LogP contribution in [0.3, 0.4) is 0 Å². The molecule has 0 heterocycles. The SMILES string of the molecule is NN=CNc1cccc(C(=O)NCC(=O)NC(CC(=O)O)c2cc(Cl)cc(Br)c2O)c1. The van der Waals surface area contributed by atoms with Crippen molar-refractivity contribution in [2.45, 2.75) is 12.5 Å². The van der Waals surface area contributed by atoms with E-state index in [4.69, 9.17) is 17.4 Å². The molecule has 12 heteroatoms. The van der Waals surface area contributed by atoms with Crippen LogP contribution < -0.4 is 21.8 Å². The first kappa shape index (κ1) is 24.0. The van der Waals surface area contributed by atoms with Gasteiger partial charge in [0.25, 0.3) is 5.91 Å². The van der Waals surface area contributed by atoms with Gasteiger partial charge in [-0.25, -0.2) is 0 Å². The maximum atomic E-state index is 12.3. The van der Waals surface area contributed by atoms with E-state index in [0.29, 0.717) is 5.69 Å². The Balaban J connectivity index is 2.07. The van der Waals surface area contributed by atoms with Gasteiger partial charge in [-0.3, -0.25) is 14.4 Å². The number of phenolic OH excluding ortho intramolecular Hbond substituents is 1. The molecule has 0 fully saturated rings. The van der Waals surface area contributed by atoms with Crippen molar-refractivity contribution in [2.24, 2.45) is 10.9 Å². The maximum absolute atomic E-state index is 12.3. The Morgan fingerprint density at radius 1 is 1.26 bits per heavy atom. The van der Waals surface area contributed by atoms with Gasteiger partial charge in [-0.2, -0.15) is 5.10 Å². The van der Waals surface area contributed by atoms with Gasteiger partial charge in [0.15, 0.2) is 0 Å². The van der Waals surface area contributed by atoms with Gasteiger partial charge in [-0.1, -0.05) is 17.7 Å². The lowest BCUT2D eigenvalue weighted by Gasteiger charge is -2.20. The van der Waals surface area contributed by atoms with E-state index in [1.54, 1.807) is 18.2 Å². The van der Waals surface area contributed by atoms with Crippen LogP contribution in [0.5, 0.6) is 5.75 Å². The predicted octanol–water partition coefficient (Wildman–Crippen LogP) is 2.18. The molecule has 7 N–H and O–H groups in total. The molecule has 0 aliphatic rings. The number of carbonyl (C=O) groups is 3. The third-order valence-corrected chi connectivity index (χ3v) is 4.81. The van der Waals surface area contributed by atoms with E-state index in [9.17, 15) is 24.6 Å².